The topological polar surface area (TPSA) is 69.0 Å². The van der Waals surface area contributed by atoms with Gasteiger partial charge in [-0.05, 0) is 30.7 Å². The molecule has 0 saturated heterocycles. The van der Waals surface area contributed by atoms with Gasteiger partial charge in [0, 0.05) is 45.0 Å². The molecule has 6 nitrogen and oxygen atoms in total. The number of methoxy groups -OCH3 is 1. The summed E-state index contributed by atoms with van der Waals surface area (Å²) in [5, 5.41) is 2.91. The predicted molar refractivity (Wildman–Crippen MR) is 96.7 cm³/mol. The fraction of sp³-hybridized carbons (Fsp3) is 0.316. The lowest BCUT2D eigenvalue weighted by Gasteiger charge is -2.09. The van der Waals surface area contributed by atoms with Gasteiger partial charge in [-0.2, -0.15) is 0 Å². The van der Waals surface area contributed by atoms with E-state index in [9.17, 15) is 4.79 Å². The van der Waals surface area contributed by atoms with E-state index in [1.54, 1.807) is 13.3 Å². The van der Waals surface area contributed by atoms with Crippen LogP contribution in [0.25, 0.3) is 16.9 Å². The van der Waals surface area contributed by atoms with Crippen molar-refractivity contribution < 1.29 is 9.53 Å². The lowest BCUT2D eigenvalue weighted by Crippen LogP contribution is -2.25. The Hall–Kier alpha value is -2.73. The lowest BCUT2D eigenvalue weighted by atomic mass is 10.2. The zero-order valence-corrected chi connectivity index (χ0v) is 14.3. The highest BCUT2D eigenvalue weighted by atomic mass is 16.5. The number of ether oxygens (including phenoxy) is 1. The minimum Gasteiger partial charge on any atom is -0.385 e. The normalized spacial score (nSPS) is 10.9. The number of carbonyl (C=O) groups is 1. The Morgan fingerprint density at radius 2 is 2.04 bits per heavy atom. The second-order valence-corrected chi connectivity index (χ2v) is 5.74. The third-order valence-electron chi connectivity index (χ3n) is 3.92. The number of nitrogens with one attached hydrogen (secondary N) is 1. The summed E-state index contributed by atoms with van der Waals surface area (Å²) in [6.07, 6.45) is 3.52. The van der Waals surface area contributed by atoms with Crippen molar-refractivity contribution >= 4 is 17.1 Å². The Morgan fingerprint density at radius 3 is 2.84 bits per heavy atom. The summed E-state index contributed by atoms with van der Waals surface area (Å²) >= 11 is 0. The molecule has 3 aromatic rings. The Morgan fingerprint density at radius 1 is 1.20 bits per heavy atom. The van der Waals surface area contributed by atoms with Gasteiger partial charge in [-0.3, -0.25) is 9.36 Å². The van der Waals surface area contributed by atoms with Crippen molar-refractivity contribution in [2.45, 2.75) is 19.3 Å². The SMILES string of the molecule is COCCCNC(=O)CCc1nc2cccnc2n1-c1ccccc1. The zero-order valence-electron chi connectivity index (χ0n) is 14.3. The number of pyridine rings is 1. The van der Waals surface area contributed by atoms with Crippen LogP contribution in [-0.2, 0) is 16.0 Å². The molecule has 0 aliphatic carbocycles. The second-order valence-electron chi connectivity index (χ2n) is 5.74. The molecule has 0 atom stereocenters. The van der Waals surface area contributed by atoms with Crippen LogP contribution < -0.4 is 5.32 Å². The van der Waals surface area contributed by atoms with Crippen LogP contribution in [0.4, 0.5) is 0 Å². The fourth-order valence-corrected chi connectivity index (χ4v) is 2.73. The number of hydrogen-bond acceptors (Lipinski definition) is 4. The molecule has 0 saturated carbocycles. The van der Waals surface area contributed by atoms with Gasteiger partial charge in [0.1, 0.15) is 11.3 Å². The monoisotopic (exact) mass is 338 g/mol. The molecule has 1 aromatic carbocycles. The summed E-state index contributed by atoms with van der Waals surface area (Å²) in [6.45, 7) is 1.28. The maximum Gasteiger partial charge on any atom is 0.220 e. The van der Waals surface area contributed by atoms with E-state index in [-0.39, 0.29) is 5.91 Å². The van der Waals surface area contributed by atoms with E-state index in [1.807, 2.05) is 47.0 Å². The number of hydrogen-bond donors (Lipinski definition) is 1. The van der Waals surface area contributed by atoms with Gasteiger partial charge in [0.2, 0.25) is 5.91 Å². The quantitative estimate of drug-likeness (QED) is 0.641. The van der Waals surface area contributed by atoms with Gasteiger partial charge in [0.05, 0.1) is 0 Å². The van der Waals surface area contributed by atoms with Crippen molar-refractivity contribution in [1.82, 2.24) is 19.9 Å². The van der Waals surface area contributed by atoms with Crippen molar-refractivity contribution in [3.8, 4) is 5.69 Å². The number of carbonyl (C=O) groups excluding carboxylic acids is 1. The molecular weight excluding hydrogens is 316 g/mol. The maximum atomic E-state index is 12.0. The molecule has 6 heteroatoms. The van der Waals surface area contributed by atoms with E-state index in [0.29, 0.717) is 26.0 Å². The second kappa shape index (κ2) is 8.39. The molecule has 2 aromatic heterocycles. The van der Waals surface area contributed by atoms with Gasteiger partial charge in [-0.15, -0.1) is 0 Å². The molecule has 130 valence electrons. The zero-order chi connectivity index (χ0) is 17.5. The molecule has 0 unspecified atom stereocenters. The van der Waals surface area contributed by atoms with Gasteiger partial charge >= 0.3 is 0 Å². The number of aromatic nitrogens is 3. The van der Waals surface area contributed by atoms with Crippen LogP contribution in [0.15, 0.2) is 48.7 Å². The molecule has 0 aliphatic rings. The van der Waals surface area contributed by atoms with Crippen molar-refractivity contribution in [2.24, 2.45) is 0 Å². The van der Waals surface area contributed by atoms with Gasteiger partial charge in [0.15, 0.2) is 5.65 Å². The maximum absolute atomic E-state index is 12.0. The predicted octanol–water partition coefficient (Wildman–Crippen LogP) is 2.51. The number of imidazole rings is 1. The number of fused-ring (bicyclic) bond motifs is 1. The summed E-state index contributed by atoms with van der Waals surface area (Å²) in [4.78, 5) is 21.2. The summed E-state index contributed by atoms with van der Waals surface area (Å²) in [6, 6.07) is 13.8. The Bertz CT molecular complexity index is 830. The van der Waals surface area contributed by atoms with E-state index in [2.05, 4.69) is 15.3 Å². The average molecular weight is 338 g/mol. The molecular formula is C19H22N4O2. The number of amides is 1. The van der Waals surface area contributed by atoms with Crippen LogP contribution in [0.1, 0.15) is 18.7 Å². The van der Waals surface area contributed by atoms with Crippen LogP contribution in [0.2, 0.25) is 0 Å². The van der Waals surface area contributed by atoms with E-state index in [0.717, 1.165) is 29.1 Å². The smallest absolute Gasteiger partial charge is 0.220 e. The van der Waals surface area contributed by atoms with Crippen LogP contribution in [0.3, 0.4) is 0 Å². The van der Waals surface area contributed by atoms with Gasteiger partial charge in [-0.25, -0.2) is 9.97 Å². The Labute approximate surface area is 146 Å². The van der Waals surface area contributed by atoms with E-state index < -0.39 is 0 Å². The molecule has 1 amide bonds. The first-order valence-electron chi connectivity index (χ1n) is 8.43. The molecule has 0 aliphatic heterocycles. The molecule has 0 bridgehead atoms. The van der Waals surface area contributed by atoms with Crippen molar-refractivity contribution in [3.63, 3.8) is 0 Å². The minimum atomic E-state index is 0.0238. The first-order valence-corrected chi connectivity index (χ1v) is 8.43. The van der Waals surface area contributed by atoms with Crippen LogP contribution in [0, 0.1) is 0 Å². The number of para-hydroxylation sites is 1. The number of aryl methyl sites for hydroxylation is 1. The lowest BCUT2D eigenvalue weighted by molar-refractivity contribution is -0.121. The summed E-state index contributed by atoms with van der Waals surface area (Å²) in [7, 11) is 1.66. The number of benzene rings is 1. The average Bonchev–Trinajstić information content (AvgIpc) is 3.02. The van der Waals surface area contributed by atoms with Crippen molar-refractivity contribution in [2.75, 3.05) is 20.3 Å². The van der Waals surface area contributed by atoms with E-state index in [1.165, 1.54) is 0 Å². The third kappa shape index (κ3) is 4.22. The van der Waals surface area contributed by atoms with Crippen LogP contribution in [0.5, 0.6) is 0 Å². The van der Waals surface area contributed by atoms with Crippen molar-refractivity contribution in [1.29, 1.82) is 0 Å². The third-order valence-corrected chi connectivity index (χ3v) is 3.92. The first kappa shape index (κ1) is 17.1. The number of nitrogens with zero attached hydrogens (tertiary/aromatic N) is 3. The minimum absolute atomic E-state index is 0.0238. The molecule has 0 fully saturated rings. The van der Waals surface area contributed by atoms with E-state index in [4.69, 9.17) is 4.74 Å². The largest absolute Gasteiger partial charge is 0.385 e. The summed E-state index contributed by atoms with van der Waals surface area (Å²) in [5.41, 5.74) is 2.64. The number of rotatable bonds is 8. The first-order chi connectivity index (χ1) is 12.3. The molecule has 0 spiro atoms. The fourth-order valence-electron chi connectivity index (χ4n) is 2.73. The molecule has 3 rings (SSSR count). The van der Waals surface area contributed by atoms with Crippen LogP contribution >= 0.6 is 0 Å². The Kier molecular flexibility index (Phi) is 5.74. The van der Waals surface area contributed by atoms with E-state index >= 15 is 0 Å². The van der Waals surface area contributed by atoms with Crippen molar-refractivity contribution in [3.05, 3.63) is 54.5 Å². The molecule has 1 N–H and O–H groups in total. The standard InChI is InChI=1S/C19H22N4O2/c1-25-14-6-13-20-18(24)11-10-17-22-16-9-5-12-21-19(16)23(17)15-7-3-2-4-8-15/h2-5,7-9,12H,6,10-11,13-14H2,1H3,(H,20,24). The molecule has 2 heterocycles. The summed E-state index contributed by atoms with van der Waals surface area (Å²) < 4.78 is 7.00. The Balaban J connectivity index is 1.76. The highest BCUT2D eigenvalue weighted by molar-refractivity contribution is 5.77. The highest BCUT2D eigenvalue weighted by Crippen LogP contribution is 2.20. The highest BCUT2D eigenvalue weighted by Gasteiger charge is 2.14. The van der Waals surface area contributed by atoms with Gasteiger partial charge in [-0.1, -0.05) is 18.2 Å². The molecule has 25 heavy (non-hydrogen) atoms. The molecule has 0 radical (unpaired) electrons. The summed E-state index contributed by atoms with van der Waals surface area (Å²) in [5.74, 6) is 0.864. The van der Waals surface area contributed by atoms with Crippen LogP contribution in [-0.4, -0.2) is 40.7 Å². The van der Waals surface area contributed by atoms with Gasteiger partial charge < -0.3 is 10.1 Å². The van der Waals surface area contributed by atoms with Gasteiger partial charge in [0.25, 0.3) is 0 Å².